The van der Waals surface area contributed by atoms with Gasteiger partial charge in [-0.1, -0.05) is 13.8 Å². The Morgan fingerprint density at radius 3 is 2.71 bits per heavy atom. The first-order chi connectivity index (χ1) is 8.00. The molecule has 0 aromatic rings. The normalized spacial score (nSPS) is 22.2. The number of rotatable bonds is 5. The minimum absolute atomic E-state index is 0.0186. The van der Waals surface area contributed by atoms with Gasteiger partial charge in [0, 0.05) is 30.5 Å². The molecule has 2 amide bonds. The second-order valence-corrected chi connectivity index (χ2v) is 5.77. The zero-order valence-corrected chi connectivity index (χ0v) is 11.2. The summed E-state index contributed by atoms with van der Waals surface area (Å²) in [5.74, 6) is 1.47. The molecule has 2 atom stereocenters. The van der Waals surface area contributed by atoms with Crippen LogP contribution < -0.4 is 16.4 Å². The van der Waals surface area contributed by atoms with Crippen molar-refractivity contribution in [1.29, 1.82) is 0 Å². The van der Waals surface area contributed by atoms with E-state index in [1.807, 2.05) is 25.6 Å². The van der Waals surface area contributed by atoms with Crippen LogP contribution in [0.2, 0.25) is 0 Å². The molecule has 0 aliphatic carbocycles. The van der Waals surface area contributed by atoms with Crippen molar-refractivity contribution in [3.63, 3.8) is 0 Å². The lowest BCUT2D eigenvalue weighted by molar-refractivity contribution is -0.128. The van der Waals surface area contributed by atoms with E-state index in [1.165, 1.54) is 0 Å². The topological polar surface area (TPSA) is 84.2 Å². The van der Waals surface area contributed by atoms with Crippen molar-refractivity contribution in [3.05, 3.63) is 0 Å². The third-order valence-electron chi connectivity index (χ3n) is 2.72. The lowest BCUT2D eigenvalue weighted by Gasteiger charge is -2.24. The fraction of sp³-hybridized carbons (Fsp3) is 0.818. The maximum atomic E-state index is 11.8. The number of nitrogens with two attached hydrogens (primary N) is 1. The second-order valence-electron chi connectivity index (χ2n) is 4.62. The highest BCUT2D eigenvalue weighted by molar-refractivity contribution is 7.99. The molecule has 1 rings (SSSR count). The van der Waals surface area contributed by atoms with E-state index in [-0.39, 0.29) is 17.9 Å². The fourth-order valence-corrected chi connectivity index (χ4v) is 2.72. The van der Waals surface area contributed by atoms with E-state index in [0.717, 1.165) is 18.1 Å². The molecule has 98 valence electrons. The first-order valence-corrected chi connectivity index (χ1v) is 7.06. The van der Waals surface area contributed by atoms with E-state index in [1.54, 1.807) is 0 Å². The van der Waals surface area contributed by atoms with Crippen LogP contribution >= 0.6 is 11.8 Å². The van der Waals surface area contributed by atoms with Crippen LogP contribution in [0.25, 0.3) is 0 Å². The average Bonchev–Trinajstić information content (AvgIpc) is 2.26. The van der Waals surface area contributed by atoms with E-state index < -0.39 is 11.9 Å². The minimum atomic E-state index is -0.571. The van der Waals surface area contributed by atoms with E-state index in [2.05, 4.69) is 10.6 Å². The molecule has 1 saturated heterocycles. The molecule has 0 spiro atoms. The lowest BCUT2D eigenvalue weighted by atomic mass is 10.0. The largest absolute Gasteiger partial charge is 0.368 e. The number of nitrogens with one attached hydrogen (secondary N) is 2. The molecular formula is C11H21N3O2S. The highest BCUT2D eigenvalue weighted by atomic mass is 32.2. The Balaban J connectivity index is 2.38. The minimum Gasteiger partial charge on any atom is -0.368 e. The maximum Gasteiger partial charge on any atom is 0.240 e. The number of primary amides is 1. The maximum absolute atomic E-state index is 11.8. The summed E-state index contributed by atoms with van der Waals surface area (Å²) in [6.07, 6.45) is 0.406. The van der Waals surface area contributed by atoms with Gasteiger partial charge in [0.25, 0.3) is 0 Å². The van der Waals surface area contributed by atoms with Gasteiger partial charge < -0.3 is 16.4 Å². The van der Waals surface area contributed by atoms with Crippen molar-refractivity contribution in [2.45, 2.75) is 32.4 Å². The average molecular weight is 259 g/mol. The van der Waals surface area contributed by atoms with E-state index in [4.69, 9.17) is 5.73 Å². The highest BCUT2D eigenvalue weighted by Gasteiger charge is 2.23. The lowest BCUT2D eigenvalue weighted by Crippen LogP contribution is -2.50. The van der Waals surface area contributed by atoms with Crippen LogP contribution in [0.15, 0.2) is 0 Å². The van der Waals surface area contributed by atoms with Crippen LogP contribution in [-0.2, 0) is 9.59 Å². The van der Waals surface area contributed by atoms with Gasteiger partial charge >= 0.3 is 0 Å². The zero-order chi connectivity index (χ0) is 12.8. The molecule has 4 N–H and O–H groups in total. The molecule has 0 aromatic carbocycles. The van der Waals surface area contributed by atoms with Crippen LogP contribution in [0.4, 0.5) is 0 Å². The first kappa shape index (κ1) is 14.3. The summed E-state index contributed by atoms with van der Waals surface area (Å²) in [6, 6.07) is -0.367. The van der Waals surface area contributed by atoms with Gasteiger partial charge in [-0.05, 0) is 5.92 Å². The molecule has 5 nitrogen and oxygen atoms in total. The molecule has 1 fully saturated rings. The monoisotopic (exact) mass is 259 g/mol. The van der Waals surface area contributed by atoms with Crippen molar-refractivity contribution in [2.24, 2.45) is 11.7 Å². The zero-order valence-electron chi connectivity index (χ0n) is 10.4. The summed E-state index contributed by atoms with van der Waals surface area (Å²) in [6.45, 7) is 4.67. The Morgan fingerprint density at radius 2 is 2.24 bits per heavy atom. The molecule has 1 heterocycles. The number of carbonyl (C=O) groups is 2. The molecule has 0 radical (unpaired) electrons. The Kier molecular flexibility index (Phi) is 5.77. The molecule has 0 saturated carbocycles. The van der Waals surface area contributed by atoms with E-state index >= 15 is 0 Å². The van der Waals surface area contributed by atoms with Gasteiger partial charge in [-0.2, -0.15) is 11.8 Å². The standard InChI is InChI=1S/C11H21N3O2S/c1-7(2)10(11(12)16)14-9(15)5-8-6-17-4-3-13-8/h7-8,10,13H,3-6H2,1-2H3,(H2,12,16)(H,14,15). The number of hydrogen-bond donors (Lipinski definition) is 3. The number of thioether (sulfide) groups is 1. The number of hydrogen-bond acceptors (Lipinski definition) is 4. The Bertz CT molecular complexity index is 278. The van der Waals surface area contributed by atoms with Crippen LogP contribution in [0.1, 0.15) is 20.3 Å². The highest BCUT2D eigenvalue weighted by Crippen LogP contribution is 2.10. The van der Waals surface area contributed by atoms with Crippen LogP contribution in [-0.4, -0.2) is 41.9 Å². The Hall–Kier alpha value is -0.750. The van der Waals surface area contributed by atoms with Gasteiger partial charge in [0.2, 0.25) is 11.8 Å². The summed E-state index contributed by atoms with van der Waals surface area (Å²) in [5, 5.41) is 5.98. The van der Waals surface area contributed by atoms with Crippen molar-refractivity contribution in [3.8, 4) is 0 Å². The molecule has 2 unspecified atom stereocenters. The van der Waals surface area contributed by atoms with Crippen LogP contribution in [0.5, 0.6) is 0 Å². The SMILES string of the molecule is CC(C)C(NC(=O)CC1CSCCN1)C(N)=O. The third-order valence-corrected chi connectivity index (χ3v) is 3.85. The van der Waals surface area contributed by atoms with E-state index in [9.17, 15) is 9.59 Å². The number of amides is 2. The molecule has 0 aromatic heterocycles. The Morgan fingerprint density at radius 1 is 1.53 bits per heavy atom. The first-order valence-electron chi connectivity index (χ1n) is 5.90. The number of carbonyl (C=O) groups excluding carboxylic acids is 2. The summed E-state index contributed by atoms with van der Waals surface area (Å²) in [5.41, 5.74) is 5.25. The molecule has 6 heteroatoms. The van der Waals surface area contributed by atoms with Crippen molar-refractivity contribution < 1.29 is 9.59 Å². The van der Waals surface area contributed by atoms with Gasteiger partial charge in [0.05, 0.1) is 0 Å². The molecular weight excluding hydrogens is 238 g/mol. The van der Waals surface area contributed by atoms with E-state index in [0.29, 0.717) is 6.42 Å². The predicted octanol–water partition coefficient (Wildman–Crippen LogP) is -0.292. The van der Waals surface area contributed by atoms with Crippen LogP contribution in [0, 0.1) is 5.92 Å². The second kappa shape index (κ2) is 6.86. The quantitative estimate of drug-likeness (QED) is 0.633. The summed E-state index contributed by atoms with van der Waals surface area (Å²) < 4.78 is 0. The van der Waals surface area contributed by atoms with Gasteiger partial charge in [0.1, 0.15) is 6.04 Å². The third kappa shape index (κ3) is 4.95. The molecule has 1 aliphatic rings. The van der Waals surface area contributed by atoms with Gasteiger partial charge in [-0.15, -0.1) is 0 Å². The van der Waals surface area contributed by atoms with Gasteiger partial charge in [-0.3, -0.25) is 9.59 Å². The molecule has 17 heavy (non-hydrogen) atoms. The summed E-state index contributed by atoms with van der Waals surface area (Å²) >= 11 is 1.84. The summed E-state index contributed by atoms with van der Waals surface area (Å²) in [4.78, 5) is 22.9. The van der Waals surface area contributed by atoms with Crippen molar-refractivity contribution >= 4 is 23.6 Å². The molecule has 0 bridgehead atoms. The van der Waals surface area contributed by atoms with Gasteiger partial charge in [0.15, 0.2) is 0 Å². The predicted molar refractivity (Wildman–Crippen MR) is 69.7 cm³/mol. The summed E-state index contributed by atoms with van der Waals surface area (Å²) in [7, 11) is 0. The fourth-order valence-electron chi connectivity index (χ4n) is 1.77. The molecule has 1 aliphatic heterocycles. The Labute approximate surface area is 106 Å². The smallest absolute Gasteiger partial charge is 0.240 e. The van der Waals surface area contributed by atoms with Crippen LogP contribution in [0.3, 0.4) is 0 Å². The van der Waals surface area contributed by atoms with Crippen molar-refractivity contribution in [2.75, 3.05) is 18.1 Å². The van der Waals surface area contributed by atoms with Gasteiger partial charge in [-0.25, -0.2) is 0 Å². The van der Waals surface area contributed by atoms with Crippen molar-refractivity contribution in [1.82, 2.24) is 10.6 Å².